The van der Waals surface area contributed by atoms with Crippen molar-refractivity contribution in [2.45, 2.75) is 25.2 Å². The summed E-state index contributed by atoms with van der Waals surface area (Å²) >= 11 is 5.94. The third-order valence-corrected chi connectivity index (χ3v) is 4.03. The van der Waals surface area contributed by atoms with E-state index in [4.69, 9.17) is 16.1 Å². The van der Waals surface area contributed by atoms with E-state index in [9.17, 15) is 0 Å². The van der Waals surface area contributed by atoms with Gasteiger partial charge in [-0.25, -0.2) is 0 Å². The first-order valence-corrected chi connectivity index (χ1v) is 6.93. The Morgan fingerprint density at radius 3 is 2.68 bits per heavy atom. The van der Waals surface area contributed by atoms with Crippen LogP contribution >= 0.6 is 11.6 Å². The second-order valence-electron chi connectivity index (χ2n) is 5.30. The Labute approximate surface area is 118 Å². The summed E-state index contributed by atoms with van der Waals surface area (Å²) in [5.41, 5.74) is 3.72. The molecule has 19 heavy (non-hydrogen) atoms. The molecule has 4 heteroatoms. The minimum atomic E-state index is 0.518. The Bertz CT molecular complexity index is 574. The summed E-state index contributed by atoms with van der Waals surface area (Å²) in [5, 5.41) is 5.02. The van der Waals surface area contributed by atoms with E-state index in [1.54, 1.807) is 0 Å². The predicted molar refractivity (Wildman–Crippen MR) is 77.0 cm³/mol. The Hall–Kier alpha value is -1.48. The Balaban J connectivity index is 1.84. The van der Waals surface area contributed by atoms with Crippen molar-refractivity contribution in [1.82, 2.24) is 5.16 Å². The van der Waals surface area contributed by atoms with Crippen molar-refractivity contribution < 1.29 is 4.52 Å². The zero-order valence-corrected chi connectivity index (χ0v) is 11.9. The molecule has 100 valence electrons. The average Bonchev–Trinajstić information content (AvgIpc) is 2.82. The molecule has 1 aliphatic rings. The summed E-state index contributed by atoms with van der Waals surface area (Å²) in [6, 6.07) is 8.15. The third kappa shape index (κ3) is 2.35. The molecule has 1 heterocycles. The maximum absolute atomic E-state index is 5.94. The van der Waals surface area contributed by atoms with Crippen LogP contribution in [0.4, 0.5) is 5.88 Å². The van der Waals surface area contributed by atoms with Crippen LogP contribution in [0.15, 0.2) is 28.8 Å². The number of hydrogen-bond acceptors (Lipinski definition) is 3. The smallest absolute Gasteiger partial charge is 0.230 e. The van der Waals surface area contributed by atoms with Gasteiger partial charge in [-0.05, 0) is 36.5 Å². The van der Waals surface area contributed by atoms with Gasteiger partial charge in [0.25, 0.3) is 0 Å². The van der Waals surface area contributed by atoms with E-state index in [0.717, 1.165) is 35.9 Å². The van der Waals surface area contributed by atoms with Gasteiger partial charge in [0.15, 0.2) is 0 Å². The number of fused-ring (bicyclic) bond motifs is 1. The fraction of sp³-hybridized carbons (Fsp3) is 0.400. The second kappa shape index (κ2) is 4.89. The van der Waals surface area contributed by atoms with Crippen molar-refractivity contribution >= 4 is 17.5 Å². The SMILES string of the molecule is CN(C)c1onc2c1CCC(c1ccc(Cl)cc1)C2. The molecule has 0 saturated carbocycles. The highest BCUT2D eigenvalue weighted by molar-refractivity contribution is 6.30. The Morgan fingerprint density at radius 1 is 1.26 bits per heavy atom. The maximum Gasteiger partial charge on any atom is 0.230 e. The van der Waals surface area contributed by atoms with Crippen LogP contribution in [-0.4, -0.2) is 19.3 Å². The van der Waals surface area contributed by atoms with Crippen LogP contribution in [0.25, 0.3) is 0 Å². The number of nitrogens with zero attached hydrogens (tertiary/aromatic N) is 2. The fourth-order valence-electron chi connectivity index (χ4n) is 2.77. The number of hydrogen-bond donors (Lipinski definition) is 0. The van der Waals surface area contributed by atoms with Crippen molar-refractivity contribution in [2.24, 2.45) is 0 Å². The Kier molecular flexibility index (Phi) is 3.23. The lowest BCUT2D eigenvalue weighted by molar-refractivity contribution is 0.413. The minimum Gasteiger partial charge on any atom is -0.347 e. The van der Waals surface area contributed by atoms with E-state index in [-0.39, 0.29) is 0 Å². The molecule has 0 fully saturated rings. The van der Waals surface area contributed by atoms with E-state index in [1.807, 2.05) is 31.1 Å². The summed E-state index contributed by atoms with van der Waals surface area (Å²) in [4.78, 5) is 1.99. The second-order valence-corrected chi connectivity index (χ2v) is 5.74. The molecule has 0 N–H and O–H groups in total. The highest BCUT2D eigenvalue weighted by Gasteiger charge is 2.27. The fourth-order valence-corrected chi connectivity index (χ4v) is 2.89. The van der Waals surface area contributed by atoms with Crippen LogP contribution in [0.3, 0.4) is 0 Å². The summed E-state index contributed by atoms with van der Waals surface area (Å²) in [7, 11) is 3.98. The summed E-state index contributed by atoms with van der Waals surface area (Å²) in [6.45, 7) is 0. The molecule has 0 bridgehead atoms. The molecule has 0 saturated heterocycles. The summed E-state index contributed by atoms with van der Waals surface area (Å²) < 4.78 is 5.44. The number of benzene rings is 1. The van der Waals surface area contributed by atoms with Gasteiger partial charge in [-0.15, -0.1) is 0 Å². The summed E-state index contributed by atoms with van der Waals surface area (Å²) in [5.74, 6) is 1.43. The third-order valence-electron chi connectivity index (χ3n) is 3.78. The molecule has 1 aromatic heterocycles. The molecule has 1 unspecified atom stereocenters. The minimum absolute atomic E-state index is 0.518. The van der Waals surface area contributed by atoms with Gasteiger partial charge in [0.05, 0.1) is 5.69 Å². The lowest BCUT2D eigenvalue weighted by Crippen LogP contribution is -2.15. The van der Waals surface area contributed by atoms with Crippen LogP contribution in [-0.2, 0) is 12.8 Å². The van der Waals surface area contributed by atoms with Crippen LogP contribution in [0, 0.1) is 0 Å². The topological polar surface area (TPSA) is 29.3 Å². The molecule has 3 rings (SSSR count). The molecular weight excluding hydrogens is 260 g/mol. The molecule has 0 radical (unpaired) electrons. The first-order valence-electron chi connectivity index (χ1n) is 6.55. The summed E-state index contributed by atoms with van der Waals surface area (Å²) in [6.07, 6.45) is 3.12. The van der Waals surface area contributed by atoms with E-state index >= 15 is 0 Å². The monoisotopic (exact) mass is 276 g/mol. The van der Waals surface area contributed by atoms with Crippen LogP contribution in [0.2, 0.25) is 5.02 Å². The predicted octanol–water partition coefficient (Wildman–Crippen LogP) is 3.67. The molecule has 0 spiro atoms. The first-order chi connectivity index (χ1) is 9.15. The van der Waals surface area contributed by atoms with Gasteiger partial charge in [0.1, 0.15) is 0 Å². The number of anilines is 1. The van der Waals surface area contributed by atoms with Crippen molar-refractivity contribution in [3.8, 4) is 0 Å². The highest BCUT2D eigenvalue weighted by Crippen LogP contribution is 2.36. The van der Waals surface area contributed by atoms with Gasteiger partial charge >= 0.3 is 0 Å². The molecule has 0 aliphatic heterocycles. The molecule has 1 atom stereocenters. The average molecular weight is 277 g/mol. The number of aromatic nitrogens is 1. The quantitative estimate of drug-likeness (QED) is 0.838. The molecule has 3 nitrogen and oxygen atoms in total. The number of halogens is 1. The van der Waals surface area contributed by atoms with Crippen LogP contribution < -0.4 is 4.90 Å². The number of rotatable bonds is 2. The highest BCUT2D eigenvalue weighted by atomic mass is 35.5. The van der Waals surface area contributed by atoms with Crippen molar-refractivity contribution in [2.75, 3.05) is 19.0 Å². The van der Waals surface area contributed by atoms with E-state index in [0.29, 0.717) is 5.92 Å². The molecule has 1 aliphatic carbocycles. The van der Waals surface area contributed by atoms with Crippen LogP contribution in [0.1, 0.15) is 29.2 Å². The van der Waals surface area contributed by atoms with Crippen molar-refractivity contribution in [3.05, 3.63) is 46.1 Å². The van der Waals surface area contributed by atoms with Gasteiger partial charge < -0.3 is 9.42 Å². The largest absolute Gasteiger partial charge is 0.347 e. The van der Waals surface area contributed by atoms with Gasteiger partial charge in [0.2, 0.25) is 5.88 Å². The van der Waals surface area contributed by atoms with Gasteiger partial charge in [-0.2, -0.15) is 0 Å². The van der Waals surface area contributed by atoms with Crippen molar-refractivity contribution in [1.29, 1.82) is 0 Å². The Morgan fingerprint density at radius 2 is 2.00 bits per heavy atom. The molecule has 2 aromatic rings. The van der Waals surface area contributed by atoms with Crippen LogP contribution in [0.5, 0.6) is 0 Å². The van der Waals surface area contributed by atoms with Gasteiger partial charge in [0, 0.05) is 31.1 Å². The molecule has 1 aromatic carbocycles. The lowest BCUT2D eigenvalue weighted by Gasteiger charge is -2.22. The van der Waals surface area contributed by atoms with Gasteiger partial charge in [-0.1, -0.05) is 28.9 Å². The normalized spacial score (nSPS) is 18.2. The maximum atomic E-state index is 5.94. The van der Waals surface area contributed by atoms with E-state index in [2.05, 4.69) is 17.3 Å². The molecular formula is C15H17ClN2O. The lowest BCUT2D eigenvalue weighted by atomic mass is 9.83. The zero-order chi connectivity index (χ0) is 13.4. The van der Waals surface area contributed by atoms with E-state index < -0.39 is 0 Å². The van der Waals surface area contributed by atoms with Gasteiger partial charge in [-0.3, -0.25) is 0 Å². The first kappa shape index (κ1) is 12.5. The standard InChI is InChI=1S/C15H17ClN2O/c1-18(2)15-13-8-5-11(9-14(13)17-19-15)10-3-6-12(16)7-4-10/h3-4,6-7,11H,5,8-9H2,1-2H3. The molecule has 0 amide bonds. The van der Waals surface area contributed by atoms with E-state index in [1.165, 1.54) is 11.1 Å². The zero-order valence-electron chi connectivity index (χ0n) is 11.2. The van der Waals surface area contributed by atoms with Crippen molar-refractivity contribution in [3.63, 3.8) is 0 Å².